The molecule has 1 atom stereocenters. The Morgan fingerprint density at radius 2 is 2.09 bits per heavy atom. The van der Waals surface area contributed by atoms with E-state index in [1.54, 1.807) is 6.20 Å². The molecule has 3 rings (SSSR count). The summed E-state index contributed by atoms with van der Waals surface area (Å²) in [6, 6.07) is 6.29. The van der Waals surface area contributed by atoms with E-state index in [9.17, 15) is 4.79 Å². The second-order valence-electron chi connectivity index (χ2n) is 6.52. The number of likely N-dealkylation sites (tertiary alicyclic amines) is 2. The zero-order valence-corrected chi connectivity index (χ0v) is 13.4. The Kier molecular flexibility index (Phi) is 4.93. The van der Waals surface area contributed by atoms with Crippen molar-refractivity contribution in [1.82, 2.24) is 20.1 Å². The lowest BCUT2D eigenvalue weighted by Gasteiger charge is -2.36. The number of hydrogen-bond acceptors (Lipinski definition) is 3. The molecule has 0 spiro atoms. The molecule has 5 nitrogen and oxygen atoms in total. The standard InChI is InChI=1S/C17H26N4O/c1-20-11-7-14(8-12-20)16-6-4-10-21(16)17(22)19-13-15-5-2-3-9-18-15/h2-3,5,9,14,16H,4,6-8,10-13H2,1H3,(H,19,22)/t16-/m0/s1. The van der Waals surface area contributed by atoms with E-state index in [-0.39, 0.29) is 6.03 Å². The Morgan fingerprint density at radius 3 is 2.82 bits per heavy atom. The predicted octanol–water partition coefficient (Wildman–Crippen LogP) is 2.10. The van der Waals surface area contributed by atoms with Crippen molar-refractivity contribution in [2.75, 3.05) is 26.7 Å². The molecule has 0 bridgehead atoms. The number of piperidine rings is 1. The van der Waals surface area contributed by atoms with Gasteiger partial charge in [0, 0.05) is 18.8 Å². The van der Waals surface area contributed by atoms with Crippen LogP contribution in [0.4, 0.5) is 4.79 Å². The number of rotatable bonds is 3. The first-order valence-corrected chi connectivity index (χ1v) is 8.37. The van der Waals surface area contributed by atoms with Gasteiger partial charge in [0.2, 0.25) is 0 Å². The van der Waals surface area contributed by atoms with Crippen molar-refractivity contribution in [1.29, 1.82) is 0 Å². The number of nitrogens with one attached hydrogen (secondary N) is 1. The van der Waals surface area contributed by atoms with Gasteiger partial charge < -0.3 is 15.1 Å². The maximum Gasteiger partial charge on any atom is 0.317 e. The molecule has 120 valence electrons. The lowest BCUT2D eigenvalue weighted by Crippen LogP contribution is -2.47. The van der Waals surface area contributed by atoms with Gasteiger partial charge in [0.15, 0.2) is 0 Å². The molecule has 3 heterocycles. The highest BCUT2D eigenvalue weighted by Gasteiger charge is 2.35. The van der Waals surface area contributed by atoms with Crippen molar-refractivity contribution in [3.05, 3.63) is 30.1 Å². The van der Waals surface area contributed by atoms with Crippen LogP contribution in [0.3, 0.4) is 0 Å². The number of carbonyl (C=O) groups is 1. The Morgan fingerprint density at radius 1 is 1.27 bits per heavy atom. The zero-order valence-electron chi connectivity index (χ0n) is 13.4. The molecule has 22 heavy (non-hydrogen) atoms. The monoisotopic (exact) mass is 302 g/mol. The van der Waals surface area contributed by atoms with E-state index in [0.717, 1.165) is 38.2 Å². The third kappa shape index (κ3) is 3.58. The Hall–Kier alpha value is -1.62. The van der Waals surface area contributed by atoms with Gasteiger partial charge in [0.05, 0.1) is 12.2 Å². The van der Waals surface area contributed by atoms with Crippen LogP contribution in [-0.4, -0.2) is 53.5 Å². The van der Waals surface area contributed by atoms with Gasteiger partial charge in [-0.15, -0.1) is 0 Å². The highest BCUT2D eigenvalue weighted by atomic mass is 16.2. The Bertz CT molecular complexity index is 485. The van der Waals surface area contributed by atoms with E-state index in [0.29, 0.717) is 18.5 Å². The summed E-state index contributed by atoms with van der Waals surface area (Å²) in [6.07, 6.45) is 6.48. The first-order chi connectivity index (χ1) is 10.7. The summed E-state index contributed by atoms with van der Waals surface area (Å²) < 4.78 is 0. The topological polar surface area (TPSA) is 48.5 Å². The minimum Gasteiger partial charge on any atom is -0.332 e. The fraction of sp³-hybridized carbons (Fsp3) is 0.647. The molecular weight excluding hydrogens is 276 g/mol. The number of nitrogens with zero attached hydrogens (tertiary/aromatic N) is 3. The minimum absolute atomic E-state index is 0.0760. The van der Waals surface area contributed by atoms with E-state index in [1.807, 2.05) is 18.2 Å². The molecule has 2 saturated heterocycles. The molecular formula is C17H26N4O. The van der Waals surface area contributed by atoms with Gasteiger partial charge in [-0.1, -0.05) is 6.07 Å². The van der Waals surface area contributed by atoms with Crippen molar-refractivity contribution >= 4 is 6.03 Å². The zero-order chi connectivity index (χ0) is 15.4. The average Bonchev–Trinajstić information content (AvgIpc) is 3.04. The molecule has 1 N–H and O–H groups in total. The average molecular weight is 302 g/mol. The molecule has 1 aromatic rings. The van der Waals surface area contributed by atoms with Crippen LogP contribution in [0.2, 0.25) is 0 Å². The third-order valence-corrected chi connectivity index (χ3v) is 5.01. The van der Waals surface area contributed by atoms with Gasteiger partial charge in [0.1, 0.15) is 0 Å². The number of aromatic nitrogens is 1. The molecule has 2 aliphatic rings. The molecule has 2 amide bonds. The number of pyridine rings is 1. The maximum atomic E-state index is 12.5. The van der Waals surface area contributed by atoms with Crippen molar-refractivity contribution in [2.24, 2.45) is 5.92 Å². The van der Waals surface area contributed by atoms with Crippen LogP contribution in [0.5, 0.6) is 0 Å². The van der Waals surface area contributed by atoms with Gasteiger partial charge >= 0.3 is 6.03 Å². The molecule has 5 heteroatoms. The summed E-state index contributed by atoms with van der Waals surface area (Å²) >= 11 is 0. The fourth-order valence-electron chi connectivity index (χ4n) is 3.72. The molecule has 0 unspecified atom stereocenters. The van der Waals surface area contributed by atoms with Gasteiger partial charge in [-0.2, -0.15) is 0 Å². The second-order valence-corrected chi connectivity index (χ2v) is 6.52. The lowest BCUT2D eigenvalue weighted by atomic mass is 9.88. The number of amides is 2. The number of urea groups is 1. The number of hydrogen-bond donors (Lipinski definition) is 1. The summed E-state index contributed by atoms with van der Waals surface area (Å²) in [7, 11) is 2.18. The van der Waals surface area contributed by atoms with Crippen molar-refractivity contribution < 1.29 is 4.79 Å². The van der Waals surface area contributed by atoms with Gasteiger partial charge in [-0.05, 0) is 63.9 Å². The molecule has 0 aromatic carbocycles. The minimum atomic E-state index is 0.0760. The SMILES string of the molecule is CN1CCC([C@@H]2CCCN2C(=O)NCc2ccccn2)CC1. The smallest absolute Gasteiger partial charge is 0.317 e. The quantitative estimate of drug-likeness (QED) is 0.930. The highest BCUT2D eigenvalue weighted by molar-refractivity contribution is 5.74. The largest absolute Gasteiger partial charge is 0.332 e. The van der Waals surface area contributed by atoms with E-state index in [1.165, 1.54) is 12.8 Å². The molecule has 2 fully saturated rings. The summed E-state index contributed by atoms with van der Waals surface area (Å²) in [5.74, 6) is 0.666. The summed E-state index contributed by atoms with van der Waals surface area (Å²) in [5, 5.41) is 3.03. The Labute approximate surface area is 132 Å². The lowest BCUT2D eigenvalue weighted by molar-refractivity contribution is 0.132. The van der Waals surface area contributed by atoms with Crippen LogP contribution in [0.15, 0.2) is 24.4 Å². The van der Waals surface area contributed by atoms with Crippen LogP contribution in [-0.2, 0) is 6.54 Å². The van der Waals surface area contributed by atoms with Crippen molar-refractivity contribution in [3.8, 4) is 0 Å². The molecule has 0 saturated carbocycles. The van der Waals surface area contributed by atoms with Gasteiger partial charge in [-0.3, -0.25) is 4.98 Å². The third-order valence-electron chi connectivity index (χ3n) is 5.01. The summed E-state index contributed by atoms with van der Waals surface area (Å²) in [5.41, 5.74) is 0.908. The summed E-state index contributed by atoms with van der Waals surface area (Å²) in [6.45, 7) is 3.72. The maximum absolute atomic E-state index is 12.5. The van der Waals surface area contributed by atoms with Crippen LogP contribution >= 0.6 is 0 Å². The van der Waals surface area contributed by atoms with Crippen LogP contribution < -0.4 is 5.32 Å². The van der Waals surface area contributed by atoms with Crippen LogP contribution in [0, 0.1) is 5.92 Å². The first kappa shape index (κ1) is 15.3. The van der Waals surface area contributed by atoms with Gasteiger partial charge in [0.25, 0.3) is 0 Å². The Balaban J connectivity index is 1.54. The summed E-state index contributed by atoms with van der Waals surface area (Å²) in [4.78, 5) is 21.2. The van der Waals surface area contributed by atoms with Crippen LogP contribution in [0.25, 0.3) is 0 Å². The van der Waals surface area contributed by atoms with E-state index in [4.69, 9.17) is 0 Å². The van der Waals surface area contributed by atoms with Gasteiger partial charge in [-0.25, -0.2) is 4.79 Å². The normalized spacial score (nSPS) is 23.7. The van der Waals surface area contributed by atoms with E-state index < -0.39 is 0 Å². The first-order valence-electron chi connectivity index (χ1n) is 8.37. The molecule has 1 aromatic heterocycles. The van der Waals surface area contributed by atoms with Crippen molar-refractivity contribution in [3.63, 3.8) is 0 Å². The van der Waals surface area contributed by atoms with E-state index in [2.05, 4.69) is 27.1 Å². The molecule has 0 aliphatic carbocycles. The fourth-order valence-corrected chi connectivity index (χ4v) is 3.72. The molecule has 0 radical (unpaired) electrons. The second kappa shape index (κ2) is 7.09. The number of carbonyl (C=O) groups excluding carboxylic acids is 1. The highest BCUT2D eigenvalue weighted by Crippen LogP contribution is 2.30. The van der Waals surface area contributed by atoms with E-state index >= 15 is 0 Å². The van der Waals surface area contributed by atoms with Crippen LogP contribution in [0.1, 0.15) is 31.4 Å². The molecule has 2 aliphatic heterocycles. The van der Waals surface area contributed by atoms with Crippen molar-refractivity contribution in [2.45, 2.75) is 38.3 Å². The predicted molar refractivity (Wildman–Crippen MR) is 86.4 cm³/mol.